The molecule has 0 saturated carbocycles. The Bertz CT molecular complexity index is 75.5. The van der Waals surface area contributed by atoms with Gasteiger partial charge in [-0.25, -0.2) is 0 Å². The van der Waals surface area contributed by atoms with Crippen LogP contribution in [0.1, 0.15) is 0 Å². The first-order chi connectivity index (χ1) is 3.95. The Kier molecular flexibility index (Phi) is 4.27. The van der Waals surface area contributed by atoms with Gasteiger partial charge in [0.25, 0.3) is 0 Å². The number of hydrogen-bond donors (Lipinski definition) is 0. The third-order valence-electron chi connectivity index (χ3n) is 1.66. The Balaban J connectivity index is 3.47. The average Bonchev–Trinajstić information content (AvgIpc) is 1.62. The van der Waals surface area contributed by atoms with E-state index in [2.05, 4.69) is 26.2 Å². The van der Waals surface area contributed by atoms with E-state index in [0.717, 1.165) is 0 Å². The van der Waals surface area contributed by atoms with E-state index < -0.39 is 8.07 Å². The van der Waals surface area contributed by atoms with E-state index in [1.807, 2.05) is 0 Å². The standard InChI is InChI=1S/C5H20Si4/c1-8(7-6)5-9(2,3)4/h8H,5,7H2,1-4,6H3. The number of rotatable bonds is 3. The van der Waals surface area contributed by atoms with Gasteiger partial charge in [-0.05, 0) is 18.3 Å². The molecule has 0 aromatic carbocycles. The molecule has 0 nitrogen and oxygen atoms in total. The maximum absolute atomic E-state index is 2.59. The molecule has 0 bridgehead atoms. The van der Waals surface area contributed by atoms with Gasteiger partial charge >= 0.3 is 0 Å². The molecular weight excluding hydrogens is 172 g/mol. The molecule has 4 heteroatoms. The van der Waals surface area contributed by atoms with Crippen molar-refractivity contribution in [1.29, 1.82) is 0 Å². The molecular formula is C5H20Si4. The minimum absolute atomic E-state index is 0.0440. The molecule has 1 atom stereocenters. The number of hydrogen-bond acceptors (Lipinski definition) is 0. The van der Waals surface area contributed by atoms with Crippen LogP contribution in [-0.4, -0.2) is 34.7 Å². The van der Waals surface area contributed by atoms with Crippen LogP contribution in [0.5, 0.6) is 0 Å². The van der Waals surface area contributed by atoms with Crippen LogP contribution in [0.4, 0.5) is 0 Å². The minimum atomic E-state index is -0.623. The zero-order valence-electron chi connectivity index (χ0n) is 7.49. The van der Waals surface area contributed by atoms with Gasteiger partial charge in [-0.2, -0.15) is 0 Å². The molecule has 0 aliphatic carbocycles. The highest BCUT2D eigenvalue weighted by Gasteiger charge is 2.16. The molecule has 1 unspecified atom stereocenters. The quantitative estimate of drug-likeness (QED) is 0.537. The fourth-order valence-electron chi connectivity index (χ4n) is 1.19. The van der Waals surface area contributed by atoms with Crippen LogP contribution in [0, 0.1) is 0 Å². The monoisotopic (exact) mass is 192 g/mol. The minimum Gasteiger partial charge on any atom is -0.0748 e. The van der Waals surface area contributed by atoms with Crippen molar-refractivity contribution in [2.45, 2.75) is 31.9 Å². The molecule has 0 radical (unpaired) electrons. The van der Waals surface area contributed by atoms with Gasteiger partial charge in [-0.15, -0.1) is 0 Å². The van der Waals surface area contributed by atoms with Crippen LogP contribution in [0.15, 0.2) is 0 Å². The van der Waals surface area contributed by atoms with Crippen LogP contribution >= 0.6 is 0 Å². The Hall–Kier alpha value is 0.868. The first kappa shape index (κ1) is 9.87. The molecule has 9 heavy (non-hydrogen) atoms. The van der Waals surface area contributed by atoms with E-state index in [0.29, 0.717) is 8.55 Å². The topological polar surface area (TPSA) is 0 Å². The van der Waals surface area contributed by atoms with E-state index in [1.165, 1.54) is 0 Å². The largest absolute Gasteiger partial charge is 0.0748 e. The zero-order valence-corrected chi connectivity index (χ0v) is 13.1. The van der Waals surface area contributed by atoms with E-state index >= 15 is 0 Å². The summed E-state index contributed by atoms with van der Waals surface area (Å²) in [4.78, 5) is 0. The van der Waals surface area contributed by atoms with Gasteiger partial charge in [-0.3, -0.25) is 0 Å². The molecule has 0 heterocycles. The first-order valence-electron chi connectivity index (χ1n) is 3.95. The molecule has 0 N–H and O–H groups in total. The van der Waals surface area contributed by atoms with Gasteiger partial charge in [0.05, 0.1) is 0 Å². The summed E-state index contributed by atoms with van der Waals surface area (Å²) in [5.74, 6) is 0. The fourth-order valence-corrected chi connectivity index (χ4v) is 28.9. The maximum Gasteiger partial charge on any atom is 0.0411 e. The predicted octanol–water partition coefficient (Wildman–Crippen LogP) is -0.333. The van der Waals surface area contributed by atoms with Crippen molar-refractivity contribution >= 4 is 34.7 Å². The second kappa shape index (κ2) is 3.90. The van der Waals surface area contributed by atoms with Crippen molar-refractivity contribution in [1.82, 2.24) is 0 Å². The van der Waals surface area contributed by atoms with Crippen molar-refractivity contribution in [2.75, 3.05) is 0 Å². The molecule has 56 valence electrons. The highest BCUT2D eigenvalue weighted by Crippen LogP contribution is 2.08. The lowest BCUT2D eigenvalue weighted by Gasteiger charge is -2.18. The van der Waals surface area contributed by atoms with Gasteiger partial charge < -0.3 is 0 Å². The average molecular weight is 193 g/mol. The summed E-state index contributed by atoms with van der Waals surface area (Å²) in [6.45, 7) is 10.1. The van der Waals surface area contributed by atoms with Gasteiger partial charge in [0.15, 0.2) is 0 Å². The lowest BCUT2D eigenvalue weighted by Crippen LogP contribution is -2.31. The lowest BCUT2D eigenvalue weighted by atomic mass is 11.7. The summed E-state index contributed by atoms with van der Waals surface area (Å²) in [6, 6.07) is 0. The fraction of sp³-hybridized carbons (Fsp3) is 1.00. The van der Waals surface area contributed by atoms with Gasteiger partial charge in [0.2, 0.25) is 0 Å². The van der Waals surface area contributed by atoms with Crippen LogP contribution in [-0.2, 0) is 0 Å². The van der Waals surface area contributed by atoms with Crippen molar-refractivity contribution in [3.63, 3.8) is 0 Å². The highest BCUT2D eigenvalue weighted by molar-refractivity contribution is 7.33. The van der Waals surface area contributed by atoms with Crippen molar-refractivity contribution < 1.29 is 0 Å². The third kappa shape index (κ3) is 6.76. The molecule has 0 aliphatic rings. The maximum atomic E-state index is 2.59. The molecule has 0 aromatic heterocycles. The zero-order chi connectivity index (χ0) is 7.49. The molecule has 0 amide bonds. The van der Waals surface area contributed by atoms with Crippen LogP contribution < -0.4 is 0 Å². The normalized spacial score (nSPS) is 17.3. The Morgan fingerprint density at radius 1 is 1.44 bits per heavy atom. The van der Waals surface area contributed by atoms with Gasteiger partial charge in [0.1, 0.15) is 0 Å². The van der Waals surface area contributed by atoms with Gasteiger partial charge in [0, 0.05) is 16.4 Å². The third-order valence-corrected chi connectivity index (χ3v) is 30.1. The summed E-state index contributed by atoms with van der Waals surface area (Å²) in [7, 11) is 1.49. The summed E-state index contributed by atoms with van der Waals surface area (Å²) >= 11 is 0. The van der Waals surface area contributed by atoms with Crippen LogP contribution in [0.2, 0.25) is 31.9 Å². The molecule has 0 aliphatic heterocycles. The Labute approximate surface area is 66.9 Å². The molecule has 0 fully saturated rings. The second-order valence-corrected chi connectivity index (χ2v) is 28.0. The molecule has 0 spiro atoms. The Morgan fingerprint density at radius 2 is 1.89 bits per heavy atom. The van der Waals surface area contributed by atoms with E-state index in [9.17, 15) is 0 Å². The predicted molar refractivity (Wildman–Crippen MR) is 59.6 cm³/mol. The van der Waals surface area contributed by atoms with Crippen molar-refractivity contribution in [2.24, 2.45) is 0 Å². The lowest BCUT2D eigenvalue weighted by molar-refractivity contribution is 1.62. The summed E-state index contributed by atoms with van der Waals surface area (Å²) in [6.07, 6.45) is 0. The van der Waals surface area contributed by atoms with Crippen LogP contribution in [0.3, 0.4) is 0 Å². The van der Waals surface area contributed by atoms with E-state index in [1.54, 1.807) is 15.4 Å². The van der Waals surface area contributed by atoms with Gasteiger partial charge in [-0.1, -0.05) is 31.9 Å². The van der Waals surface area contributed by atoms with Crippen LogP contribution in [0.25, 0.3) is 0 Å². The molecule has 0 saturated heterocycles. The summed E-state index contributed by atoms with van der Waals surface area (Å²) in [5.41, 5.74) is 1.72. The first-order valence-corrected chi connectivity index (χ1v) is 18.6. The highest BCUT2D eigenvalue weighted by atomic mass is 29.5. The molecule has 0 rings (SSSR count). The SMILES string of the molecule is C[SiH](C[Si](C)(C)C)[SiH2][SiH3]. The Morgan fingerprint density at radius 3 is 2.00 bits per heavy atom. The summed E-state index contributed by atoms with van der Waals surface area (Å²) < 4.78 is 0. The molecule has 0 aromatic rings. The second-order valence-electron chi connectivity index (χ2n) is 4.28. The smallest absolute Gasteiger partial charge is 0.0411 e. The van der Waals surface area contributed by atoms with Crippen molar-refractivity contribution in [3.8, 4) is 0 Å². The van der Waals surface area contributed by atoms with E-state index in [-0.39, 0.29) is 8.31 Å². The van der Waals surface area contributed by atoms with E-state index in [4.69, 9.17) is 0 Å². The van der Waals surface area contributed by atoms with Crippen molar-refractivity contribution in [3.05, 3.63) is 0 Å². The summed E-state index contributed by atoms with van der Waals surface area (Å²) in [5, 5.41) is 0.